The van der Waals surface area contributed by atoms with Crippen LogP contribution in [0, 0.1) is 5.82 Å². The number of nitrogens with two attached hydrogens (primary N) is 1. The molecule has 17 heavy (non-hydrogen) atoms. The van der Waals surface area contributed by atoms with Crippen LogP contribution < -0.4 is 15.8 Å². The zero-order valence-corrected chi connectivity index (χ0v) is 9.50. The summed E-state index contributed by atoms with van der Waals surface area (Å²) in [4.78, 5) is 13.7. The number of sulfonamides is 1. The highest BCUT2D eigenvalue weighted by molar-refractivity contribution is 7.89. The van der Waals surface area contributed by atoms with Gasteiger partial charge in [0.2, 0.25) is 5.03 Å². The minimum atomic E-state index is -4.02. The molecule has 0 spiro atoms. The first-order valence-electron chi connectivity index (χ1n) is 4.57. The van der Waals surface area contributed by atoms with Crippen molar-refractivity contribution in [3.05, 3.63) is 24.1 Å². The van der Waals surface area contributed by atoms with E-state index in [9.17, 15) is 17.6 Å². The third kappa shape index (κ3) is 3.96. The van der Waals surface area contributed by atoms with Crippen LogP contribution in [0.3, 0.4) is 0 Å². The molecule has 0 bridgehead atoms. The molecule has 0 aromatic carbocycles. The van der Waals surface area contributed by atoms with Crippen molar-refractivity contribution in [3.8, 4) is 0 Å². The second-order valence-corrected chi connectivity index (χ2v) is 4.66. The van der Waals surface area contributed by atoms with Crippen molar-refractivity contribution in [2.24, 2.45) is 5.73 Å². The summed E-state index contributed by atoms with van der Waals surface area (Å²) >= 11 is 0. The lowest BCUT2D eigenvalue weighted by Gasteiger charge is -2.06. The van der Waals surface area contributed by atoms with Crippen LogP contribution in [0.15, 0.2) is 23.4 Å². The molecule has 9 heteroatoms. The summed E-state index contributed by atoms with van der Waals surface area (Å²) in [5.41, 5.74) is 4.78. The number of urea groups is 1. The number of nitrogens with one attached hydrogen (secondary N) is 2. The molecule has 1 rings (SSSR count). The fraction of sp³-hybridized carbons (Fsp3) is 0.250. The van der Waals surface area contributed by atoms with Crippen LogP contribution in [0.25, 0.3) is 0 Å². The SMILES string of the molecule is NC(=O)NCCNS(=O)(=O)c1ncccc1F. The second-order valence-electron chi connectivity index (χ2n) is 2.98. The van der Waals surface area contributed by atoms with Gasteiger partial charge in [-0.15, -0.1) is 0 Å². The van der Waals surface area contributed by atoms with E-state index in [1.165, 1.54) is 12.3 Å². The van der Waals surface area contributed by atoms with E-state index in [4.69, 9.17) is 5.73 Å². The lowest BCUT2D eigenvalue weighted by Crippen LogP contribution is -2.37. The maximum atomic E-state index is 13.2. The van der Waals surface area contributed by atoms with E-state index in [0.29, 0.717) is 0 Å². The molecule has 0 atom stereocenters. The molecule has 0 aliphatic carbocycles. The molecule has 0 aliphatic heterocycles. The molecule has 7 nitrogen and oxygen atoms in total. The molecule has 0 saturated heterocycles. The summed E-state index contributed by atoms with van der Waals surface area (Å²) in [5.74, 6) is -0.942. The van der Waals surface area contributed by atoms with Gasteiger partial charge in [0.15, 0.2) is 5.82 Å². The zero-order chi connectivity index (χ0) is 12.9. The number of hydrogen-bond donors (Lipinski definition) is 3. The average Bonchev–Trinajstić information content (AvgIpc) is 2.24. The van der Waals surface area contributed by atoms with Gasteiger partial charge in [0, 0.05) is 19.3 Å². The van der Waals surface area contributed by atoms with Gasteiger partial charge in [-0.3, -0.25) is 0 Å². The Balaban J connectivity index is 2.64. The number of carbonyl (C=O) groups excluding carboxylic acids is 1. The van der Waals surface area contributed by atoms with Gasteiger partial charge in [0.1, 0.15) is 0 Å². The summed E-state index contributed by atoms with van der Waals surface area (Å²) in [5, 5.41) is 1.50. The molecule has 0 saturated carbocycles. The van der Waals surface area contributed by atoms with Crippen LogP contribution in [0.2, 0.25) is 0 Å². The minimum Gasteiger partial charge on any atom is -0.352 e. The van der Waals surface area contributed by atoms with Gasteiger partial charge in [-0.25, -0.2) is 27.3 Å². The van der Waals surface area contributed by atoms with Crippen molar-refractivity contribution in [1.82, 2.24) is 15.0 Å². The maximum Gasteiger partial charge on any atom is 0.312 e. The number of carbonyl (C=O) groups is 1. The smallest absolute Gasteiger partial charge is 0.312 e. The van der Waals surface area contributed by atoms with Crippen molar-refractivity contribution in [3.63, 3.8) is 0 Å². The van der Waals surface area contributed by atoms with Crippen molar-refractivity contribution in [2.75, 3.05) is 13.1 Å². The number of halogens is 1. The third-order valence-electron chi connectivity index (χ3n) is 1.70. The van der Waals surface area contributed by atoms with Crippen molar-refractivity contribution in [2.45, 2.75) is 5.03 Å². The number of pyridine rings is 1. The number of primary amides is 1. The Bertz CT molecular complexity index is 505. The number of amides is 2. The lowest BCUT2D eigenvalue weighted by atomic mass is 10.5. The van der Waals surface area contributed by atoms with E-state index in [0.717, 1.165) is 6.07 Å². The first kappa shape index (κ1) is 13.3. The average molecular weight is 262 g/mol. The van der Waals surface area contributed by atoms with Gasteiger partial charge in [-0.05, 0) is 12.1 Å². The van der Waals surface area contributed by atoms with Crippen LogP contribution in [0.5, 0.6) is 0 Å². The summed E-state index contributed by atoms with van der Waals surface area (Å²) in [6, 6.07) is 1.50. The van der Waals surface area contributed by atoms with Crippen LogP contribution in [-0.4, -0.2) is 32.5 Å². The third-order valence-corrected chi connectivity index (χ3v) is 3.09. The number of hydrogen-bond acceptors (Lipinski definition) is 4. The van der Waals surface area contributed by atoms with Gasteiger partial charge in [0.05, 0.1) is 0 Å². The molecular weight excluding hydrogens is 251 g/mol. The van der Waals surface area contributed by atoms with Gasteiger partial charge in [0.25, 0.3) is 10.0 Å². The fourth-order valence-corrected chi connectivity index (χ4v) is 2.04. The first-order chi connectivity index (χ1) is 7.93. The van der Waals surface area contributed by atoms with E-state index in [1.807, 2.05) is 0 Å². The first-order valence-corrected chi connectivity index (χ1v) is 6.05. The molecule has 0 aliphatic rings. The standard InChI is InChI=1S/C8H11FN4O3S/c9-6-2-1-3-11-7(6)17(15,16)13-5-4-12-8(10)14/h1-3,13H,4-5H2,(H3,10,12,14). The number of aromatic nitrogens is 1. The van der Waals surface area contributed by atoms with Crippen LogP contribution in [0.1, 0.15) is 0 Å². The minimum absolute atomic E-state index is 0.00299. The van der Waals surface area contributed by atoms with E-state index >= 15 is 0 Å². The molecule has 1 aromatic rings. The van der Waals surface area contributed by atoms with Crippen molar-refractivity contribution < 1.29 is 17.6 Å². The van der Waals surface area contributed by atoms with Crippen molar-refractivity contribution in [1.29, 1.82) is 0 Å². The van der Waals surface area contributed by atoms with E-state index in [2.05, 4.69) is 15.0 Å². The van der Waals surface area contributed by atoms with Gasteiger partial charge < -0.3 is 11.1 Å². The van der Waals surface area contributed by atoms with Gasteiger partial charge in [-0.1, -0.05) is 0 Å². The summed E-state index contributed by atoms with van der Waals surface area (Å²) < 4.78 is 38.3. The molecule has 0 unspecified atom stereocenters. The predicted octanol–water partition coefficient (Wildman–Crippen LogP) is -0.833. The molecule has 2 amide bonds. The summed E-state index contributed by atoms with van der Waals surface area (Å²) in [7, 11) is -4.02. The Morgan fingerprint density at radius 2 is 2.18 bits per heavy atom. The number of rotatable bonds is 5. The molecular formula is C8H11FN4O3S. The predicted molar refractivity (Wildman–Crippen MR) is 57.0 cm³/mol. The summed E-state index contributed by atoms with van der Waals surface area (Å²) in [6.45, 7) is -0.107. The highest BCUT2D eigenvalue weighted by Gasteiger charge is 2.19. The Hall–Kier alpha value is -1.74. The lowest BCUT2D eigenvalue weighted by molar-refractivity contribution is 0.249. The Labute approximate surface area is 97.3 Å². The second kappa shape index (κ2) is 5.55. The van der Waals surface area contributed by atoms with Gasteiger partial charge >= 0.3 is 6.03 Å². The van der Waals surface area contributed by atoms with E-state index < -0.39 is 26.9 Å². The maximum absolute atomic E-state index is 13.2. The summed E-state index contributed by atoms with van der Waals surface area (Å²) in [6.07, 6.45) is 1.17. The molecule has 0 radical (unpaired) electrons. The molecule has 94 valence electrons. The Kier molecular flexibility index (Phi) is 4.35. The van der Waals surface area contributed by atoms with Crippen LogP contribution in [-0.2, 0) is 10.0 Å². The molecule has 4 N–H and O–H groups in total. The molecule has 0 fully saturated rings. The van der Waals surface area contributed by atoms with Crippen LogP contribution >= 0.6 is 0 Å². The Morgan fingerprint density at radius 1 is 1.47 bits per heavy atom. The Morgan fingerprint density at radius 3 is 2.76 bits per heavy atom. The monoisotopic (exact) mass is 262 g/mol. The van der Waals surface area contributed by atoms with Crippen LogP contribution in [0.4, 0.5) is 9.18 Å². The zero-order valence-electron chi connectivity index (χ0n) is 8.68. The normalized spacial score (nSPS) is 11.1. The highest BCUT2D eigenvalue weighted by Crippen LogP contribution is 2.08. The number of nitrogens with zero attached hydrogens (tertiary/aromatic N) is 1. The quantitative estimate of drug-likeness (QED) is 0.601. The fourth-order valence-electron chi connectivity index (χ4n) is 1.01. The molecule has 1 heterocycles. The van der Waals surface area contributed by atoms with E-state index in [-0.39, 0.29) is 13.1 Å². The largest absolute Gasteiger partial charge is 0.352 e. The highest BCUT2D eigenvalue weighted by atomic mass is 32.2. The molecule has 1 aromatic heterocycles. The van der Waals surface area contributed by atoms with Gasteiger partial charge in [-0.2, -0.15) is 0 Å². The topological polar surface area (TPSA) is 114 Å². The van der Waals surface area contributed by atoms with E-state index in [1.54, 1.807) is 0 Å². The van der Waals surface area contributed by atoms with Crippen molar-refractivity contribution >= 4 is 16.1 Å².